The first-order valence-electron chi connectivity index (χ1n) is 6.78. The van der Waals surface area contributed by atoms with Gasteiger partial charge in [0.25, 0.3) is 0 Å². The summed E-state index contributed by atoms with van der Waals surface area (Å²) in [5.41, 5.74) is 2.62. The van der Waals surface area contributed by atoms with E-state index in [2.05, 4.69) is 79.5 Å². The molecule has 0 aliphatic heterocycles. The average molecular weight is 251 g/mol. The Morgan fingerprint density at radius 1 is 0.947 bits per heavy atom. The molecule has 0 aliphatic carbocycles. The lowest BCUT2D eigenvalue weighted by Gasteiger charge is -2.23. The van der Waals surface area contributed by atoms with Crippen LogP contribution in [0.2, 0.25) is 0 Å². The monoisotopic (exact) mass is 251 g/mol. The fourth-order valence-corrected chi connectivity index (χ4v) is 2.29. The molecular formula is C18H21N. The minimum atomic E-state index is 0.314. The van der Waals surface area contributed by atoms with Crippen LogP contribution >= 0.6 is 0 Å². The van der Waals surface area contributed by atoms with E-state index in [0.29, 0.717) is 12.1 Å². The Morgan fingerprint density at radius 2 is 1.47 bits per heavy atom. The zero-order valence-electron chi connectivity index (χ0n) is 11.4. The summed E-state index contributed by atoms with van der Waals surface area (Å²) in [7, 11) is 0. The fraction of sp³-hybridized carbons (Fsp3) is 0.222. The van der Waals surface area contributed by atoms with Gasteiger partial charge in [-0.1, -0.05) is 66.7 Å². The van der Waals surface area contributed by atoms with Gasteiger partial charge < -0.3 is 5.32 Å². The van der Waals surface area contributed by atoms with E-state index < -0.39 is 0 Å². The number of hydrogen-bond donors (Lipinski definition) is 1. The third kappa shape index (κ3) is 3.80. The third-order valence-corrected chi connectivity index (χ3v) is 3.36. The lowest BCUT2D eigenvalue weighted by molar-refractivity contribution is 0.470. The molecule has 0 saturated carbocycles. The Bertz CT molecular complexity index is 490. The summed E-state index contributed by atoms with van der Waals surface area (Å²) < 4.78 is 0. The van der Waals surface area contributed by atoms with Gasteiger partial charge in [-0.3, -0.25) is 0 Å². The Hall–Kier alpha value is -1.86. The van der Waals surface area contributed by atoms with Crippen LogP contribution < -0.4 is 5.32 Å². The van der Waals surface area contributed by atoms with E-state index in [1.165, 1.54) is 11.1 Å². The first-order valence-corrected chi connectivity index (χ1v) is 6.78. The smallest absolute Gasteiger partial charge is 0.0360 e. The Morgan fingerprint density at radius 3 is 2.00 bits per heavy atom. The molecule has 2 atom stereocenters. The van der Waals surface area contributed by atoms with Crippen LogP contribution in [-0.4, -0.2) is 0 Å². The van der Waals surface area contributed by atoms with Gasteiger partial charge in [0.05, 0.1) is 0 Å². The molecule has 0 radical (unpaired) electrons. The second-order valence-corrected chi connectivity index (χ2v) is 4.79. The first kappa shape index (κ1) is 13.6. The lowest BCUT2D eigenvalue weighted by Crippen LogP contribution is -2.24. The van der Waals surface area contributed by atoms with Crippen molar-refractivity contribution in [2.75, 3.05) is 0 Å². The van der Waals surface area contributed by atoms with Crippen LogP contribution in [0, 0.1) is 0 Å². The van der Waals surface area contributed by atoms with Crippen LogP contribution in [0.5, 0.6) is 0 Å². The van der Waals surface area contributed by atoms with E-state index in [1.807, 2.05) is 6.08 Å². The van der Waals surface area contributed by atoms with Gasteiger partial charge in [0.1, 0.15) is 0 Å². The maximum absolute atomic E-state index is 3.87. The molecular weight excluding hydrogens is 230 g/mol. The highest BCUT2D eigenvalue weighted by atomic mass is 14.9. The normalized spacial score (nSPS) is 13.7. The van der Waals surface area contributed by atoms with Crippen LogP contribution in [0.3, 0.4) is 0 Å². The lowest BCUT2D eigenvalue weighted by atomic mass is 10.0. The standard InChI is InChI=1S/C18H21N/c1-3-10-18(17-13-8-5-9-14-17)19-15(2)16-11-6-4-7-12-16/h3-9,11-15,18-19H,1,10H2,2H3/t15-,18+/m0/s1. The number of hydrogen-bond acceptors (Lipinski definition) is 1. The zero-order chi connectivity index (χ0) is 13.5. The van der Waals surface area contributed by atoms with Crippen molar-refractivity contribution in [3.63, 3.8) is 0 Å². The third-order valence-electron chi connectivity index (χ3n) is 3.36. The number of benzene rings is 2. The molecule has 0 saturated heterocycles. The van der Waals surface area contributed by atoms with Crippen LogP contribution in [0.25, 0.3) is 0 Å². The van der Waals surface area contributed by atoms with Crippen molar-refractivity contribution in [1.82, 2.24) is 5.32 Å². The maximum Gasteiger partial charge on any atom is 0.0360 e. The molecule has 0 heterocycles. The Kier molecular flexibility index (Phi) is 4.93. The molecule has 19 heavy (non-hydrogen) atoms. The fourth-order valence-electron chi connectivity index (χ4n) is 2.29. The van der Waals surface area contributed by atoms with Crippen LogP contribution in [0.4, 0.5) is 0 Å². The summed E-state index contributed by atoms with van der Waals surface area (Å²) in [6.45, 7) is 6.07. The minimum Gasteiger partial charge on any atom is -0.303 e. The zero-order valence-corrected chi connectivity index (χ0v) is 11.4. The summed E-state index contributed by atoms with van der Waals surface area (Å²) in [6, 6.07) is 21.7. The summed E-state index contributed by atoms with van der Waals surface area (Å²) in [5.74, 6) is 0. The molecule has 0 aliphatic rings. The highest BCUT2D eigenvalue weighted by Gasteiger charge is 2.13. The van der Waals surface area contributed by atoms with Gasteiger partial charge in [0.2, 0.25) is 0 Å². The van der Waals surface area contributed by atoms with Gasteiger partial charge in [0, 0.05) is 12.1 Å². The Balaban J connectivity index is 2.11. The molecule has 1 nitrogen and oxygen atoms in total. The van der Waals surface area contributed by atoms with E-state index in [4.69, 9.17) is 0 Å². The predicted octanol–water partition coefficient (Wildman–Crippen LogP) is 4.65. The van der Waals surface area contributed by atoms with Crippen molar-refractivity contribution in [2.45, 2.75) is 25.4 Å². The van der Waals surface area contributed by atoms with Gasteiger partial charge in [-0.2, -0.15) is 0 Å². The molecule has 2 aromatic rings. The molecule has 0 fully saturated rings. The summed E-state index contributed by atoms with van der Waals surface area (Å²) in [4.78, 5) is 0. The van der Waals surface area contributed by atoms with E-state index in [-0.39, 0.29) is 0 Å². The minimum absolute atomic E-state index is 0.314. The molecule has 0 bridgehead atoms. The van der Waals surface area contributed by atoms with Crippen molar-refractivity contribution in [3.05, 3.63) is 84.4 Å². The summed E-state index contributed by atoms with van der Waals surface area (Å²) in [5, 5.41) is 3.68. The van der Waals surface area contributed by atoms with Crippen LogP contribution in [0.1, 0.15) is 36.6 Å². The topological polar surface area (TPSA) is 12.0 Å². The SMILES string of the molecule is C=CC[C@@H](N[C@@H](C)c1ccccc1)c1ccccc1. The number of nitrogens with one attached hydrogen (secondary N) is 1. The maximum atomic E-state index is 3.87. The molecule has 0 unspecified atom stereocenters. The number of rotatable bonds is 6. The Labute approximate surface area is 116 Å². The summed E-state index contributed by atoms with van der Waals surface area (Å²) >= 11 is 0. The highest BCUT2D eigenvalue weighted by Crippen LogP contribution is 2.22. The van der Waals surface area contributed by atoms with Crippen LogP contribution in [-0.2, 0) is 0 Å². The largest absolute Gasteiger partial charge is 0.303 e. The van der Waals surface area contributed by atoms with E-state index >= 15 is 0 Å². The van der Waals surface area contributed by atoms with Gasteiger partial charge in [-0.05, 0) is 24.5 Å². The first-order chi connectivity index (χ1) is 9.31. The van der Waals surface area contributed by atoms with Crippen LogP contribution in [0.15, 0.2) is 73.3 Å². The quantitative estimate of drug-likeness (QED) is 0.737. The predicted molar refractivity (Wildman–Crippen MR) is 82.0 cm³/mol. The van der Waals surface area contributed by atoms with E-state index in [0.717, 1.165) is 6.42 Å². The average Bonchev–Trinajstić information content (AvgIpc) is 2.48. The molecule has 1 N–H and O–H groups in total. The van der Waals surface area contributed by atoms with E-state index in [9.17, 15) is 0 Å². The van der Waals surface area contributed by atoms with Gasteiger partial charge >= 0.3 is 0 Å². The second-order valence-electron chi connectivity index (χ2n) is 4.79. The van der Waals surface area contributed by atoms with Gasteiger partial charge in [-0.25, -0.2) is 0 Å². The molecule has 1 heteroatoms. The van der Waals surface area contributed by atoms with Crippen molar-refractivity contribution in [3.8, 4) is 0 Å². The second kappa shape index (κ2) is 6.91. The van der Waals surface area contributed by atoms with Crippen molar-refractivity contribution < 1.29 is 0 Å². The van der Waals surface area contributed by atoms with Crippen molar-refractivity contribution in [2.24, 2.45) is 0 Å². The van der Waals surface area contributed by atoms with Gasteiger partial charge in [-0.15, -0.1) is 6.58 Å². The molecule has 0 aromatic heterocycles. The molecule has 0 amide bonds. The highest BCUT2D eigenvalue weighted by molar-refractivity contribution is 5.22. The van der Waals surface area contributed by atoms with Crippen molar-refractivity contribution >= 4 is 0 Å². The van der Waals surface area contributed by atoms with Gasteiger partial charge in [0.15, 0.2) is 0 Å². The summed E-state index contributed by atoms with van der Waals surface area (Å²) in [6.07, 6.45) is 2.91. The van der Waals surface area contributed by atoms with E-state index in [1.54, 1.807) is 0 Å². The molecule has 0 spiro atoms. The molecule has 98 valence electrons. The molecule has 2 rings (SSSR count). The molecule has 2 aromatic carbocycles. The van der Waals surface area contributed by atoms with Crippen molar-refractivity contribution in [1.29, 1.82) is 0 Å².